The number of thiazole rings is 1. The molecule has 0 saturated carbocycles. The van der Waals surface area contributed by atoms with Crippen molar-refractivity contribution in [1.29, 1.82) is 0 Å². The van der Waals surface area contributed by atoms with Crippen LogP contribution in [0.4, 0.5) is 0 Å². The summed E-state index contributed by atoms with van der Waals surface area (Å²) < 4.78 is 1.29. The van der Waals surface area contributed by atoms with Crippen LogP contribution in [0.2, 0.25) is 0 Å². The zero-order chi connectivity index (χ0) is 13.2. The highest BCUT2D eigenvalue weighted by atomic mass is 32.1. The van der Waals surface area contributed by atoms with E-state index in [1.54, 1.807) is 22.7 Å². The van der Waals surface area contributed by atoms with Crippen molar-refractivity contribution in [2.75, 3.05) is 0 Å². The molecule has 0 amide bonds. The van der Waals surface area contributed by atoms with E-state index in [-0.39, 0.29) is 6.10 Å². The van der Waals surface area contributed by atoms with Crippen LogP contribution >= 0.6 is 22.7 Å². The monoisotopic (exact) mass is 289 g/mol. The summed E-state index contributed by atoms with van der Waals surface area (Å²) in [5.41, 5.74) is 2.27. The van der Waals surface area contributed by atoms with Gasteiger partial charge in [-0.1, -0.05) is 18.2 Å². The standard InChI is InChI=1S/C15H15NOS2/c1-10-8-19-15(16-10)7-12(17)6-11-9-18-14-5-3-2-4-13(11)14/h2-5,8-9,12,17H,6-7H2,1H3. The second kappa shape index (κ2) is 5.41. The van der Waals surface area contributed by atoms with Crippen LogP contribution in [0.1, 0.15) is 16.3 Å². The fourth-order valence-electron chi connectivity index (χ4n) is 2.21. The molecule has 0 spiro atoms. The van der Waals surface area contributed by atoms with Crippen LogP contribution in [0.5, 0.6) is 0 Å². The van der Waals surface area contributed by atoms with Crippen LogP contribution in [0.15, 0.2) is 35.0 Å². The first-order valence-electron chi connectivity index (χ1n) is 6.26. The van der Waals surface area contributed by atoms with Gasteiger partial charge >= 0.3 is 0 Å². The molecule has 0 aliphatic heterocycles. The molecule has 3 rings (SSSR count). The van der Waals surface area contributed by atoms with Crippen LogP contribution < -0.4 is 0 Å². The average molecular weight is 289 g/mol. The number of rotatable bonds is 4. The molecule has 19 heavy (non-hydrogen) atoms. The number of nitrogens with zero attached hydrogens (tertiary/aromatic N) is 1. The van der Waals surface area contributed by atoms with Crippen LogP contribution in [0.25, 0.3) is 10.1 Å². The predicted octanol–water partition coefficient (Wildman–Crippen LogP) is 3.81. The quantitative estimate of drug-likeness (QED) is 0.792. The van der Waals surface area contributed by atoms with Crippen molar-refractivity contribution in [1.82, 2.24) is 4.98 Å². The number of hydrogen-bond donors (Lipinski definition) is 1. The molecule has 2 aromatic heterocycles. The lowest BCUT2D eigenvalue weighted by Gasteiger charge is -2.08. The lowest BCUT2D eigenvalue weighted by Crippen LogP contribution is -2.13. The highest BCUT2D eigenvalue weighted by Crippen LogP contribution is 2.27. The lowest BCUT2D eigenvalue weighted by atomic mass is 10.1. The molecule has 0 saturated heterocycles. The van der Waals surface area contributed by atoms with E-state index in [9.17, 15) is 5.11 Å². The van der Waals surface area contributed by atoms with Crippen LogP contribution in [0, 0.1) is 6.92 Å². The molecule has 0 fully saturated rings. The Morgan fingerprint density at radius 2 is 2.00 bits per heavy atom. The highest BCUT2D eigenvalue weighted by molar-refractivity contribution is 7.17. The first kappa shape index (κ1) is 12.8. The second-order valence-corrected chi connectivity index (χ2v) is 6.56. The van der Waals surface area contributed by atoms with Gasteiger partial charge in [-0.15, -0.1) is 22.7 Å². The molecule has 3 aromatic rings. The van der Waals surface area contributed by atoms with Crippen molar-refractivity contribution in [2.24, 2.45) is 0 Å². The Balaban J connectivity index is 1.74. The van der Waals surface area contributed by atoms with Crippen molar-refractivity contribution >= 4 is 32.8 Å². The van der Waals surface area contributed by atoms with E-state index < -0.39 is 0 Å². The third-order valence-electron chi connectivity index (χ3n) is 3.09. The molecule has 0 aliphatic rings. The van der Waals surface area contributed by atoms with Crippen LogP contribution in [0.3, 0.4) is 0 Å². The van der Waals surface area contributed by atoms with Gasteiger partial charge in [-0.25, -0.2) is 4.98 Å². The van der Waals surface area contributed by atoms with Crippen molar-refractivity contribution < 1.29 is 5.11 Å². The van der Waals surface area contributed by atoms with E-state index in [0.717, 1.165) is 10.7 Å². The number of thiophene rings is 1. The summed E-state index contributed by atoms with van der Waals surface area (Å²) in [6, 6.07) is 8.36. The van der Waals surface area contributed by atoms with Gasteiger partial charge in [0.05, 0.1) is 11.1 Å². The van der Waals surface area contributed by atoms with Crippen LogP contribution in [-0.2, 0) is 12.8 Å². The molecular formula is C15H15NOS2. The molecule has 2 heterocycles. The van der Waals surface area contributed by atoms with E-state index in [4.69, 9.17) is 0 Å². The van der Waals surface area contributed by atoms with E-state index in [2.05, 4.69) is 34.6 Å². The van der Waals surface area contributed by atoms with Gasteiger partial charge in [-0.3, -0.25) is 0 Å². The van der Waals surface area contributed by atoms with Gasteiger partial charge < -0.3 is 5.11 Å². The molecule has 0 aliphatic carbocycles. The van der Waals surface area contributed by atoms with Gasteiger partial charge in [0.25, 0.3) is 0 Å². The second-order valence-electron chi connectivity index (χ2n) is 4.70. The van der Waals surface area contributed by atoms with Gasteiger partial charge in [0, 0.05) is 28.6 Å². The van der Waals surface area contributed by atoms with Crippen molar-refractivity contribution in [3.8, 4) is 0 Å². The minimum absolute atomic E-state index is 0.358. The molecule has 0 bridgehead atoms. The molecule has 4 heteroatoms. The van der Waals surface area contributed by atoms with Crippen molar-refractivity contribution in [3.63, 3.8) is 0 Å². The first-order chi connectivity index (χ1) is 9.22. The lowest BCUT2D eigenvalue weighted by molar-refractivity contribution is 0.176. The third-order valence-corrected chi connectivity index (χ3v) is 5.09. The van der Waals surface area contributed by atoms with Gasteiger partial charge in [-0.05, 0) is 29.3 Å². The Morgan fingerprint density at radius 3 is 2.79 bits per heavy atom. The Labute approximate surface area is 120 Å². The Hall–Kier alpha value is -1.23. The maximum absolute atomic E-state index is 10.2. The highest BCUT2D eigenvalue weighted by Gasteiger charge is 2.12. The number of aryl methyl sites for hydroxylation is 1. The molecule has 1 atom stereocenters. The van der Waals surface area contributed by atoms with E-state index in [0.29, 0.717) is 12.8 Å². The average Bonchev–Trinajstić information content (AvgIpc) is 2.97. The number of benzene rings is 1. The summed E-state index contributed by atoms with van der Waals surface area (Å²) in [6.07, 6.45) is 0.981. The smallest absolute Gasteiger partial charge is 0.0954 e. The van der Waals surface area contributed by atoms with Gasteiger partial charge in [0.1, 0.15) is 0 Å². The molecule has 1 aromatic carbocycles. The van der Waals surface area contributed by atoms with E-state index in [1.165, 1.54) is 15.6 Å². The molecule has 0 radical (unpaired) electrons. The molecule has 1 N–H and O–H groups in total. The molecule has 98 valence electrons. The summed E-state index contributed by atoms with van der Waals surface area (Å²) >= 11 is 3.37. The summed E-state index contributed by atoms with van der Waals surface area (Å²) in [5, 5.41) is 16.7. The Kier molecular flexibility index (Phi) is 3.64. The largest absolute Gasteiger partial charge is 0.392 e. The van der Waals surface area contributed by atoms with E-state index >= 15 is 0 Å². The van der Waals surface area contributed by atoms with Gasteiger partial charge in [-0.2, -0.15) is 0 Å². The number of aromatic nitrogens is 1. The summed E-state index contributed by atoms with van der Waals surface area (Å²) in [7, 11) is 0. The number of hydrogen-bond acceptors (Lipinski definition) is 4. The predicted molar refractivity (Wildman–Crippen MR) is 82.1 cm³/mol. The minimum atomic E-state index is -0.358. The van der Waals surface area contributed by atoms with Crippen LogP contribution in [-0.4, -0.2) is 16.2 Å². The summed E-state index contributed by atoms with van der Waals surface area (Å²) in [4.78, 5) is 4.40. The zero-order valence-electron chi connectivity index (χ0n) is 10.7. The van der Waals surface area contributed by atoms with Crippen molar-refractivity contribution in [3.05, 3.63) is 51.3 Å². The van der Waals surface area contributed by atoms with Gasteiger partial charge in [0.15, 0.2) is 0 Å². The van der Waals surface area contributed by atoms with Crippen molar-refractivity contribution in [2.45, 2.75) is 25.9 Å². The first-order valence-corrected chi connectivity index (χ1v) is 8.02. The maximum Gasteiger partial charge on any atom is 0.0954 e. The zero-order valence-corrected chi connectivity index (χ0v) is 12.3. The normalized spacial score (nSPS) is 12.9. The molecular weight excluding hydrogens is 274 g/mol. The Morgan fingerprint density at radius 1 is 1.16 bits per heavy atom. The minimum Gasteiger partial charge on any atom is -0.392 e. The summed E-state index contributed by atoms with van der Waals surface area (Å²) in [5.74, 6) is 0. The number of aliphatic hydroxyl groups excluding tert-OH is 1. The van der Waals surface area contributed by atoms with E-state index in [1.807, 2.05) is 12.3 Å². The molecule has 1 unspecified atom stereocenters. The fourth-order valence-corrected chi connectivity index (χ4v) is 4.04. The fraction of sp³-hybridized carbons (Fsp3) is 0.267. The maximum atomic E-state index is 10.2. The Bertz CT molecular complexity index is 686. The third kappa shape index (κ3) is 2.86. The number of aliphatic hydroxyl groups is 1. The van der Waals surface area contributed by atoms with Gasteiger partial charge in [0.2, 0.25) is 0 Å². The topological polar surface area (TPSA) is 33.1 Å². The SMILES string of the molecule is Cc1csc(CC(O)Cc2csc3ccccc23)n1. The molecule has 2 nitrogen and oxygen atoms in total. The summed E-state index contributed by atoms with van der Waals surface area (Å²) in [6.45, 7) is 1.98. The number of fused-ring (bicyclic) bond motifs is 1.